The Morgan fingerprint density at radius 1 is 1.37 bits per heavy atom. The second-order valence-corrected chi connectivity index (χ2v) is 4.11. The third-order valence-corrected chi connectivity index (χ3v) is 2.64. The van der Waals surface area contributed by atoms with Gasteiger partial charge in [0.25, 0.3) is 0 Å². The van der Waals surface area contributed by atoms with Gasteiger partial charge in [0, 0.05) is 0 Å². The number of benzene rings is 1. The van der Waals surface area contributed by atoms with Gasteiger partial charge < -0.3 is 20.5 Å². The molecule has 0 aromatic heterocycles. The summed E-state index contributed by atoms with van der Waals surface area (Å²) in [6.45, 7) is 1.85. The zero-order valence-electron chi connectivity index (χ0n) is 11.3. The zero-order chi connectivity index (χ0) is 14.4. The molecule has 0 heterocycles. The second-order valence-electron chi connectivity index (χ2n) is 4.11. The normalized spacial score (nSPS) is 11.5. The minimum absolute atomic E-state index is 0.0996. The topological polar surface area (TPSA) is 97.4 Å². The summed E-state index contributed by atoms with van der Waals surface area (Å²) in [6.07, 6.45) is -0.0996. The number of methoxy groups -OCH3 is 2. The highest BCUT2D eigenvalue weighted by atomic mass is 16.5. The Bertz CT molecular complexity index is 474. The molecule has 6 nitrogen and oxygen atoms in total. The lowest BCUT2D eigenvalue weighted by Crippen LogP contribution is -2.30. The molecule has 0 aliphatic carbocycles. The van der Waals surface area contributed by atoms with Crippen LogP contribution in [-0.4, -0.2) is 26.0 Å². The quantitative estimate of drug-likeness (QED) is 0.532. The predicted octanol–water partition coefficient (Wildman–Crippen LogP) is 1.21. The Hall–Kier alpha value is -2.24. The monoisotopic (exact) mass is 265 g/mol. The molecular formula is C13H19N3O3. The van der Waals surface area contributed by atoms with Gasteiger partial charge in [-0.05, 0) is 24.6 Å². The standard InChI is InChI=1S/C13H19N3O3/c1-8(16-13(17)7-12(14)15)9-4-5-10(18-2)11(6-9)19-3/h4-6,8H,7H2,1-3H3,(H3,14,15)(H,16,17). The molecule has 1 rings (SSSR count). The Morgan fingerprint density at radius 2 is 2.00 bits per heavy atom. The number of nitrogens with two attached hydrogens (primary N) is 1. The summed E-state index contributed by atoms with van der Waals surface area (Å²) in [6, 6.07) is 5.23. The Kier molecular flexibility index (Phi) is 5.17. The number of nitrogens with one attached hydrogen (secondary N) is 2. The first kappa shape index (κ1) is 14.8. The highest BCUT2D eigenvalue weighted by molar-refractivity contribution is 5.97. The van der Waals surface area contributed by atoms with E-state index in [1.165, 1.54) is 0 Å². The first-order chi connectivity index (χ1) is 8.97. The summed E-state index contributed by atoms with van der Waals surface area (Å²) in [7, 11) is 3.12. The van der Waals surface area contributed by atoms with Crippen molar-refractivity contribution in [1.29, 1.82) is 5.41 Å². The lowest BCUT2D eigenvalue weighted by molar-refractivity contribution is -0.120. The maximum Gasteiger partial charge on any atom is 0.228 e. The van der Waals surface area contributed by atoms with E-state index < -0.39 is 0 Å². The fourth-order valence-electron chi connectivity index (χ4n) is 1.67. The average molecular weight is 265 g/mol. The van der Waals surface area contributed by atoms with E-state index in [4.69, 9.17) is 20.6 Å². The molecule has 1 unspecified atom stereocenters. The summed E-state index contributed by atoms with van der Waals surface area (Å²) in [5.74, 6) is 0.799. The summed E-state index contributed by atoms with van der Waals surface area (Å²) < 4.78 is 10.4. The molecule has 6 heteroatoms. The van der Waals surface area contributed by atoms with Crippen LogP contribution in [0, 0.1) is 5.41 Å². The zero-order valence-corrected chi connectivity index (χ0v) is 11.3. The van der Waals surface area contributed by atoms with Crippen molar-refractivity contribution < 1.29 is 14.3 Å². The molecule has 0 saturated heterocycles. The lowest BCUT2D eigenvalue weighted by Gasteiger charge is -2.16. The van der Waals surface area contributed by atoms with Crippen LogP contribution in [-0.2, 0) is 4.79 Å². The molecule has 0 fully saturated rings. The van der Waals surface area contributed by atoms with Crippen LogP contribution in [0.5, 0.6) is 11.5 Å². The highest BCUT2D eigenvalue weighted by Crippen LogP contribution is 2.29. The van der Waals surface area contributed by atoms with E-state index in [1.54, 1.807) is 26.4 Å². The third kappa shape index (κ3) is 4.17. The van der Waals surface area contributed by atoms with Gasteiger partial charge >= 0.3 is 0 Å². The van der Waals surface area contributed by atoms with Crippen LogP contribution in [0.15, 0.2) is 18.2 Å². The van der Waals surface area contributed by atoms with Crippen molar-refractivity contribution in [3.8, 4) is 11.5 Å². The van der Waals surface area contributed by atoms with Crippen molar-refractivity contribution in [3.63, 3.8) is 0 Å². The van der Waals surface area contributed by atoms with Gasteiger partial charge in [0.05, 0.1) is 32.5 Å². The molecule has 19 heavy (non-hydrogen) atoms. The summed E-state index contributed by atoms with van der Waals surface area (Å²) >= 11 is 0. The van der Waals surface area contributed by atoms with Crippen LogP contribution in [0.3, 0.4) is 0 Å². The largest absolute Gasteiger partial charge is 0.493 e. The van der Waals surface area contributed by atoms with Crippen molar-refractivity contribution in [3.05, 3.63) is 23.8 Å². The maximum absolute atomic E-state index is 11.5. The molecule has 0 aliphatic heterocycles. The second kappa shape index (κ2) is 6.63. The number of amides is 1. The number of ether oxygens (including phenoxy) is 2. The first-order valence-corrected chi connectivity index (χ1v) is 5.82. The van der Waals surface area contributed by atoms with Crippen LogP contribution in [0.4, 0.5) is 0 Å². The molecule has 1 aromatic rings. The van der Waals surface area contributed by atoms with Gasteiger partial charge in [-0.1, -0.05) is 6.07 Å². The highest BCUT2D eigenvalue weighted by Gasteiger charge is 2.13. The molecule has 104 valence electrons. The smallest absolute Gasteiger partial charge is 0.228 e. The number of rotatable bonds is 6. The first-order valence-electron chi connectivity index (χ1n) is 5.82. The van der Waals surface area contributed by atoms with Crippen molar-refractivity contribution in [2.45, 2.75) is 19.4 Å². The van der Waals surface area contributed by atoms with Crippen molar-refractivity contribution in [2.75, 3.05) is 14.2 Å². The molecule has 0 aliphatic rings. The Morgan fingerprint density at radius 3 is 2.53 bits per heavy atom. The Labute approximate surface area is 112 Å². The molecular weight excluding hydrogens is 246 g/mol. The van der Waals surface area contributed by atoms with Gasteiger partial charge in [-0.3, -0.25) is 10.2 Å². The molecule has 4 N–H and O–H groups in total. The van der Waals surface area contributed by atoms with Crippen LogP contribution in [0.25, 0.3) is 0 Å². The van der Waals surface area contributed by atoms with Gasteiger partial charge in [-0.25, -0.2) is 0 Å². The van der Waals surface area contributed by atoms with Crippen molar-refractivity contribution in [1.82, 2.24) is 5.32 Å². The van der Waals surface area contributed by atoms with E-state index in [-0.39, 0.29) is 24.2 Å². The summed E-state index contributed by atoms with van der Waals surface area (Å²) in [4.78, 5) is 11.5. The van der Waals surface area contributed by atoms with E-state index >= 15 is 0 Å². The molecule has 1 amide bonds. The molecule has 0 saturated carbocycles. The Balaban J connectivity index is 2.79. The fraction of sp³-hybridized carbons (Fsp3) is 0.385. The number of carbonyl (C=O) groups excluding carboxylic acids is 1. The van der Waals surface area contributed by atoms with Crippen molar-refractivity contribution >= 4 is 11.7 Å². The molecule has 0 bridgehead atoms. The molecule has 0 radical (unpaired) electrons. The average Bonchev–Trinajstić information content (AvgIpc) is 2.36. The van der Waals surface area contributed by atoms with Gasteiger partial charge in [0.2, 0.25) is 5.91 Å². The minimum atomic E-state index is -0.283. The van der Waals surface area contributed by atoms with Gasteiger partial charge in [0.1, 0.15) is 0 Å². The number of hydrogen-bond acceptors (Lipinski definition) is 4. The van der Waals surface area contributed by atoms with Crippen LogP contribution in [0.2, 0.25) is 0 Å². The van der Waals surface area contributed by atoms with Crippen molar-refractivity contribution in [2.24, 2.45) is 5.73 Å². The van der Waals surface area contributed by atoms with E-state index in [2.05, 4.69) is 5.32 Å². The van der Waals surface area contributed by atoms with Crippen LogP contribution in [0.1, 0.15) is 24.9 Å². The molecule has 1 atom stereocenters. The maximum atomic E-state index is 11.5. The summed E-state index contributed by atoms with van der Waals surface area (Å²) in [5.41, 5.74) is 6.06. The SMILES string of the molecule is COc1ccc(C(C)NC(=O)CC(=N)N)cc1OC. The lowest BCUT2D eigenvalue weighted by atomic mass is 10.1. The molecule has 0 spiro atoms. The van der Waals surface area contributed by atoms with Gasteiger partial charge in [0.15, 0.2) is 11.5 Å². The van der Waals surface area contributed by atoms with Gasteiger partial charge in [-0.2, -0.15) is 0 Å². The molecule has 1 aromatic carbocycles. The minimum Gasteiger partial charge on any atom is -0.493 e. The van der Waals surface area contributed by atoms with Crippen LogP contribution >= 0.6 is 0 Å². The van der Waals surface area contributed by atoms with Crippen LogP contribution < -0.4 is 20.5 Å². The van der Waals surface area contributed by atoms with E-state index in [9.17, 15) is 4.79 Å². The fourth-order valence-corrected chi connectivity index (χ4v) is 1.67. The van der Waals surface area contributed by atoms with E-state index in [1.807, 2.05) is 13.0 Å². The van der Waals surface area contributed by atoms with Gasteiger partial charge in [-0.15, -0.1) is 0 Å². The van der Waals surface area contributed by atoms with E-state index in [0.29, 0.717) is 11.5 Å². The predicted molar refractivity (Wildman–Crippen MR) is 72.6 cm³/mol. The number of carbonyl (C=O) groups is 1. The summed E-state index contributed by atoms with van der Waals surface area (Å²) in [5, 5.41) is 9.83. The number of hydrogen-bond donors (Lipinski definition) is 3. The third-order valence-electron chi connectivity index (χ3n) is 2.64. The van der Waals surface area contributed by atoms with E-state index in [0.717, 1.165) is 5.56 Å². The number of amidine groups is 1.